The van der Waals surface area contributed by atoms with E-state index in [2.05, 4.69) is 20.2 Å². The van der Waals surface area contributed by atoms with Crippen molar-refractivity contribution in [2.45, 2.75) is 11.4 Å². The number of fused-ring (bicyclic) bond motifs is 1. The van der Waals surface area contributed by atoms with Crippen LogP contribution < -0.4 is 19.9 Å². The predicted molar refractivity (Wildman–Crippen MR) is 105 cm³/mol. The lowest BCUT2D eigenvalue weighted by molar-refractivity contribution is 0.393. The monoisotopic (exact) mass is 400 g/mol. The lowest BCUT2D eigenvalue weighted by Crippen LogP contribution is -2.27. The molecule has 0 spiro atoms. The van der Waals surface area contributed by atoms with Crippen LogP contribution in [0.15, 0.2) is 47.6 Å². The van der Waals surface area contributed by atoms with Gasteiger partial charge in [-0.25, -0.2) is 13.8 Å². The molecular weight excluding hydrogens is 380 g/mol. The molecular formula is C18H20N6O3S. The van der Waals surface area contributed by atoms with Crippen LogP contribution in [0.25, 0.3) is 11.3 Å². The van der Waals surface area contributed by atoms with Gasteiger partial charge in [0.2, 0.25) is 5.88 Å². The largest absolute Gasteiger partial charge is 0.479 e. The molecule has 0 saturated heterocycles. The number of aryl methyl sites for hydroxylation is 1. The number of hydrogen-bond donors (Lipinski definition) is 2. The van der Waals surface area contributed by atoms with Gasteiger partial charge in [0.25, 0.3) is 10.0 Å². The van der Waals surface area contributed by atoms with Crippen LogP contribution in [0.5, 0.6) is 5.88 Å². The van der Waals surface area contributed by atoms with E-state index in [1.165, 1.54) is 19.4 Å². The van der Waals surface area contributed by atoms with Gasteiger partial charge in [0.05, 0.1) is 29.7 Å². The Morgan fingerprint density at radius 2 is 2.04 bits per heavy atom. The minimum absolute atomic E-state index is 0.0744. The molecule has 0 unspecified atom stereocenters. The standard InChI is InChI=1S/C18H20N6O3S/c1-23-11-14(18(21-23)27-3)15-8-7-13(10-19-15)28(25,26)22-16-6-4-5-12-9-20-24(2)17(12)16/h4-8,10-11,20,22H,9H2,1-3H3. The summed E-state index contributed by atoms with van der Waals surface area (Å²) in [5.41, 5.74) is 6.78. The summed E-state index contributed by atoms with van der Waals surface area (Å²) in [7, 11) is 1.36. The molecule has 3 aromatic rings. The molecule has 146 valence electrons. The van der Waals surface area contributed by atoms with Gasteiger partial charge in [-0.3, -0.25) is 14.4 Å². The van der Waals surface area contributed by atoms with Gasteiger partial charge in [-0.15, -0.1) is 5.10 Å². The summed E-state index contributed by atoms with van der Waals surface area (Å²) in [5, 5.41) is 5.99. The minimum Gasteiger partial charge on any atom is -0.479 e. The molecule has 9 nitrogen and oxygen atoms in total. The van der Waals surface area contributed by atoms with Gasteiger partial charge in [-0.1, -0.05) is 12.1 Å². The maximum atomic E-state index is 12.9. The van der Waals surface area contributed by atoms with Gasteiger partial charge < -0.3 is 9.75 Å². The van der Waals surface area contributed by atoms with Gasteiger partial charge in [-0.05, 0) is 23.8 Å². The lowest BCUT2D eigenvalue weighted by Gasteiger charge is -2.17. The molecule has 0 radical (unpaired) electrons. The number of sulfonamides is 1. The molecule has 3 heterocycles. The maximum Gasteiger partial charge on any atom is 0.263 e. The predicted octanol–water partition coefficient (Wildman–Crippen LogP) is 1.75. The summed E-state index contributed by atoms with van der Waals surface area (Å²) >= 11 is 0. The van der Waals surface area contributed by atoms with Gasteiger partial charge in [0.15, 0.2) is 0 Å². The number of anilines is 2. The molecule has 0 aliphatic carbocycles. The van der Waals surface area contributed by atoms with E-state index in [0.29, 0.717) is 29.4 Å². The molecule has 1 aromatic carbocycles. The first-order chi connectivity index (χ1) is 13.4. The lowest BCUT2D eigenvalue weighted by atomic mass is 10.1. The van der Waals surface area contributed by atoms with Crippen LogP contribution >= 0.6 is 0 Å². The average Bonchev–Trinajstić information content (AvgIpc) is 3.25. The average molecular weight is 400 g/mol. The van der Waals surface area contributed by atoms with E-state index in [0.717, 1.165) is 11.3 Å². The number of hydrogen-bond acceptors (Lipinski definition) is 7. The van der Waals surface area contributed by atoms with Crippen LogP contribution in [0.1, 0.15) is 5.56 Å². The first-order valence-electron chi connectivity index (χ1n) is 8.55. The van der Waals surface area contributed by atoms with Gasteiger partial charge in [-0.2, -0.15) is 0 Å². The molecule has 1 aliphatic rings. The van der Waals surface area contributed by atoms with Crippen molar-refractivity contribution in [3.8, 4) is 17.1 Å². The zero-order valence-electron chi connectivity index (χ0n) is 15.7. The number of aromatic nitrogens is 3. The zero-order chi connectivity index (χ0) is 19.9. The van der Waals surface area contributed by atoms with Crippen LogP contribution in [-0.4, -0.2) is 37.3 Å². The Balaban J connectivity index is 1.63. The number of benzene rings is 1. The van der Waals surface area contributed by atoms with Crippen LogP contribution in [0.4, 0.5) is 11.4 Å². The van der Waals surface area contributed by atoms with E-state index in [1.54, 1.807) is 30.1 Å². The summed E-state index contributed by atoms with van der Waals surface area (Å²) in [4.78, 5) is 4.37. The van der Waals surface area contributed by atoms with Gasteiger partial charge >= 0.3 is 0 Å². The van der Waals surface area contributed by atoms with Crippen molar-refractivity contribution in [2.75, 3.05) is 23.9 Å². The number of hydrazine groups is 1. The van der Waals surface area contributed by atoms with E-state index in [1.807, 2.05) is 24.2 Å². The fourth-order valence-electron chi connectivity index (χ4n) is 3.19. The first kappa shape index (κ1) is 18.3. The van der Waals surface area contributed by atoms with Gasteiger partial charge in [0, 0.05) is 33.0 Å². The molecule has 4 rings (SSSR count). The molecule has 10 heteroatoms. The fourth-order valence-corrected chi connectivity index (χ4v) is 4.20. The maximum absolute atomic E-state index is 12.9. The Kier molecular flexibility index (Phi) is 4.44. The Hall–Kier alpha value is -3.11. The topological polar surface area (TPSA) is 101 Å². The number of ether oxygens (including phenoxy) is 1. The SMILES string of the molecule is COc1nn(C)cc1-c1ccc(S(=O)(=O)Nc2cccc3c2N(C)NC3)cn1. The molecule has 0 saturated carbocycles. The summed E-state index contributed by atoms with van der Waals surface area (Å²) < 4.78 is 35.2. The second kappa shape index (κ2) is 6.80. The summed E-state index contributed by atoms with van der Waals surface area (Å²) in [6.07, 6.45) is 3.10. The van der Waals surface area contributed by atoms with E-state index < -0.39 is 10.0 Å². The van der Waals surface area contributed by atoms with Crippen LogP contribution in [0.3, 0.4) is 0 Å². The van der Waals surface area contributed by atoms with E-state index in [-0.39, 0.29) is 4.90 Å². The van der Waals surface area contributed by atoms with Crippen molar-refractivity contribution < 1.29 is 13.2 Å². The third-order valence-electron chi connectivity index (χ3n) is 4.52. The zero-order valence-corrected chi connectivity index (χ0v) is 16.5. The van der Waals surface area contributed by atoms with Crippen LogP contribution in [0.2, 0.25) is 0 Å². The minimum atomic E-state index is -3.79. The van der Waals surface area contributed by atoms with Crippen molar-refractivity contribution in [1.29, 1.82) is 0 Å². The molecule has 2 aromatic heterocycles. The van der Waals surface area contributed by atoms with Crippen LogP contribution in [0, 0.1) is 0 Å². The van der Waals surface area contributed by atoms with E-state index >= 15 is 0 Å². The summed E-state index contributed by atoms with van der Waals surface area (Å²) in [5.74, 6) is 0.430. The smallest absolute Gasteiger partial charge is 0.263 e. The van der Waals surface area contributed by atoms with Crippen molar-refractivity contribution in [1.82, 2.24) is 20.2 Å². The third kappa shape index (κ3) is 3.16. The van der Waals surface area contributed by atoms with Gasteiger partial charge in [0.1, 0.15) is 4.90 Å². The molecule has 28 heavy (non-hydrogen) atoms. The highest BCUT2D eigenvalue weighted by atomic mass is 32.2. The normalized spacial score (nSPS) is 13.5. The molecule has 0 fully saturated rings. The second-order valence-electron chi connectivity index (χ2n) is 6.42. The molecule has 2 N–H and O–H groups in total. The van der Waals surface area contributed by atoms with E-state index in [9.17, 15) is 8.42 Å². The highest BCUT2D eigenvalue weighted by molar-refractivity contribution is 7.92. The van der Waals surface area contributed by atoms with Crippen molar-refractivity contribution in [3.63, 3.8) is 0 Å². The number of nitrogens with one attached hydrogen (secondary N) is 2. The molecule has 1 aliphatic heterocycles. The second-order valence-corrected chi connectivity index (χ2v) is 8.10. The molecule has 0 amide bonds. The number of rotatable bonds is 5. The van der Waals surface area contributed by atoms with Crippen molar-refractivity contribution in [3.05, 3.63) is 48.3 Å². The van der Waals surface area contributed by atoms with E-state index in [4.69, 9.17) is 4.74 Å². The quantitative estimate of drug-likeness (QED) is 0.673. The highest BCUT2D eigenvalue weighted by Gasteiger charge is 2.23. The summed E-state index contributed by atoms with van der Waals surface area (Å²) in [6.45, 7) is 0.657. The first-order valence-corrected chi connectivity index (χ1v) is 10.0. The molecule has 0 atom stereocenters. The Bertz CT molecular complexity index is 1120. The Labute approximate surface area is 163 Å². The van der Waals surface area contributed by atoms with Crippen molar-refractivity contribution in [2.24, 2.45) is 7.05 Å². The number of para-hydroxylation sites is 1. The number of pyridine rings is 1. The third-order valence-corrected chi connectivity index (χ3v) is 5.87. The number of nitrogens with zero attached hydrogens (tertiary/aromatic N) is 4. The summed E-state index contributed by atoms with van der Waals surface area (Å²) in [6, 6.07) is 8.68. The Morgan fingerprint density at radius 3 is 2.75 bits per heavy atom. The Morgan fingerprint density at radius 1 is 1.21 bits per heavy atom. The number of methoxy groups -OCH3 is 1. The fraction of sp³-hybridized carbons (Fsp3) is 0.222. The highest BCUT2D eigenvalue weighted by Crippen LogP contribution is 2.34. The molecule has 0 bridgehead atoms. The van der Waals surface area contributed by atoms with Crippen molar-refractivity contribution >= 4 is 21.4 Å². The van der Waals surface area contributed by atoms with Crippen LogP contribution in [-0.2, 0) is 23.6 Å².